The van der Waals surface area contributed by atoms with Crippen LogP contribution in [0.1, 0.15) is 5.69 Å². The summed E-state index contributed by atoms with van der Waals surface area (Å²) in [4.78, 5) is 23.4. The van der Waals surface area contributed by atoms with Gasteiger partial charge >= 0.3 is 0 Å². The molecule has 0 amide bonds. The van der Waals surface area contributed by atoms with Gasteiger partial charge in [-0.05, 0) is 6.92 Å². The highest BCUT2D eigenvalue weighted by molar-refractivity contribution is 5.78. The molecule has 1 N–H and O–H groups in total. The molecule has 14 heavy (non-hydrogen) atoms. The van der Waals surface area contributed by atoms with E-state index in [2.05, 4.69) is 10.2 Å². The van der Waals surface area contributed by atoms with Crippen molar-refractivity contribution < 1.29 is 0 Å². The van der Waals surface area contributed by atoms with E-state index < -0.39 is 0 Å². The van der Waals surface area contributed by atoms with Crippen molar-refractivity contribution in [3.63, 3.8) is 0 Å². The normalized spacial score (nSPS) is 11.1. The maximum atomic E-state index is 11.7. The van der Waals surface area contributed by atoms with Gasteiger partial charge in [-0.25, -0.2) is 4.68 Å². The van der Waals surface area contributed by atoms with Crippen LogP contribution in [-0.2, 0) is 14.1 Å². The minimum atomic E-state index is -0.272. The van der Waals surface area contributed by atoms with E-state index in [1.54, 1.807) is 14.0 Å². The third kappa shape index (κ3) is 0.876. The average Bonchev–Trinajstić information content (AvgIpc) is 2.54. The lowest BCUT2D eigenvalue weighted by molar-refractivity contribution is 0.542. The summed E-state index contributed by atoms with van der Waals surface area (Å²) in [5.74, 6) is 0. The Morgan fingerprint density at radius 3 is 2.36 bits per heavy atom. The number of rotatable bonds is 0. The maximum absolute atomic E-state index is 11.7. The van der Waals surface area contributed by atoms with Gasteiger partial charge in [0.1, 0.15) is 0 Å². The van der Waals surface area contributed by atoms with Gasteiger partial charge < -0.3 is 0 Å². The molecule has 74 valence electrons. The molecule has 0 fully saturated rings. The van der Waals surface area contributed by atoms with E-state index in [0.717, 1.165) is 0 Å². The van der Waals surface area contributed by atoms with Gasteiger partial charge in [0.2, 0.25) is 0 Å². The SMILES string of the molecule is Cc1[nH]nc2c(=O)n(C)n(C)c(=O)c12. The number of fused-ring (bicyclic) bond motifs is 1. The lowest BCUT2D eigenvalue weighted by Crippen LogP contribution is -2.35. The fourth-order valence-corrected chi connectivity index (χ4v) is 1.43. The fraction of sp³-hybridized carbons (Fsp3) is 0.375. The van der Waals surface area contributed by atoms with Crippen LogP contribution in [0, 0.1) is 6.92 Å². The van der Waals surface area contributed by atoms with Crippen molar-refractivity contribution in [1.82, 2.24) is 19.6 Å². The highest BCUT2D eigenvalue weighted by Gasteiger charge is 2.12. The quantitative estimate of drug-likeness (QED) is 0.600. The number of H-pyrrole nitrogens is 1. The topological polar surface area (TPSA) is 72.7 Å². The molecule has 6 nitrogen and oxygen atoms in total. The predicted octanol–water partition coefficient (Wildman–Crippen LogP) is -0.731. The first-order valence-electron chi connectivity index (χ1n) is 4.15. The molecule has 2 rings (SSSR count). The van der Waals surface area contributed by atoms with Crippen LogP contribution < -0.4 is 11.1 Å². The predicted molar refractivity (Wildman–Crippen MR) is 51.3 cm³/mol. The molecule has 0 atom stereocenters. The van der Waals surface area contributed by atoms with Crippen LogP contribution in [0.3, 0.4) is 0 Å². The van der Waals surface area contributed by atoms with Crippen LogP contribution >= 0.6 is 0 Å². The van der Waals surface area contributed by atoms with Crippen molar-refractivity contribution in [2.75, 3.05) is 0 Å². The van der Waals surface area contributed by atoms with Gasteiger partial charge in [0.15, 0.2) is 5.52 Å². The summed E-state index contributed by atoms with van der Waals surface area (Å²) in [7, 11) is 3.09. The molecule has 0 saturated heterocycles. The first-order chi connectivity index (χ1) is 6.54. The number of nitrogens with one attached hydrogen (secondary N) is 1. The van der Waals surface area contributed by atoms with Gasteiger partial charge in [-0.3, -0.25) is 19.4 Å². The Labute approximate surface area is 78.8 Å². The molecule has 2 aromatic rings. The van der Waals surface area contributed by atoms with Crippen molar-refractivity contribution in [2.45, 2.75) is 6.92 Å². The minimum Gasteiger partial charge on any atom is -0.281 e. The zero-order chi connectivity index (χ0) is 10.5. The number of aryl methyl sites for hydroxylation is 1. The second-order valence-corrected chi connectivity index (χ2v) is 3.23. The fourth-order valence-electron chi connectivity index (χ4n) is 1.43. The van der Waals surface area contributed by atoms with Crippen LogP contribution in [-0.4, -0.2) is 19.6 Å². The summed E-state index contributed by atoms with van der Waals surface area (Å²) in [6, 6.07) is 0. The smallest absolute Gasteiger partial charge is 0.281 e. The van der Waals surface area contributed by atoms with Crippen LogP contribution in [0.5, 0.6) is 0 Å². The molecule has 0 bridgehead atoms. The Morgan fingerprint density at radius 1 is 1.14 bits per heavy atom. The van der Waals surface area contributed by atoms with Crippen molar-refractivity contribution in [2.24, 2.45) is 14.1 Å². The Hall–Kier alpha value is -1.85. The standard InChI is InChI=1S/C8H10N4O2/c1-4-5-6(10-9-4)8(14)12(3)11(2)7(5)13/h1-3H3,(H,9,10). The zero-order valence-electron chi connectivity index (χ0n) is 8.16. The number of hydrogen-bond donors (Lipinski definition) is 1. The van der Waals surface area contributed by atoms with E-state index in [1.165, 1.54) is 16.4 Å². The lowest BCUT2D eigenvalue weighted by atomic mass is 10.3. The summed E-state index contributed by atoms with van der Waals surface area (Å²) in [6.07, 6.45) is 0. The highest BCUT2D eigenvalue weighted by Crippen LogP contribution is 2.04. The second-order valence-electron chi connectivity index (χ2n) is 3.23. The van der Waals surface area contributed by atoms with E-state index >= 15 is 0 Å². The first-order valence-corrected chi connectivity index (χ1v) is 4.15. The Balaban J connectivity index is 3.22. The molecule has 0 spiro atoms. The van der Waals surface area contributed by atoms with Crippen molar-refractivity contribution in [1.29, 1.82) is 0 Å². The van der Waals surface area contributed by atoms with E-state index in [9.17, 15) is 9.59 Å². The Kier molecular flexibility index (Phi) is 1.60. The third-order valence-corrected chi connectivity index (χ3v) is 2.40. The summed E-state index contributed by atoms with van der Waals surface area (Å²) in [6.45, 7) is 1.72. The maximum Gasteiger partial charge on any atom is 0.293 e. The van der Waals surface area contributed by atoms with E-state index in [1.807, 2.05) is 0 Å². The first kappa shape index (κ1) is 8.74. The molecular weight excluding hydrogens is 184 g/mol. The molecule has 2 aromatic heterocycles. The van der Waals surface area contributed by atoms with Gasteiger partial charge in [-0.15, -0.1) is 0 Å². The highest BCUT2D eigenvalue weighted by atomic mass is 16.2. The molecule has 0 unspecified atom stereocenters. The molecule has 6 heteroatoms. The van der Waals surface area contributed by atoms with Gasteiger partial charge in [0.25, 0.3) is 11.1 Å². The van der Waals surface area contributed by atoms with Crippen molar-refractivity contribution >= 4 is 10.9 Å². The van der Waals surface area contributed by atoms with Crippen molar-refractivity contribution in [3.8, 4) is 0 Å². The number of aromatic nitrogens is 4. The molecule has 0 aliphatic rings. The molecule has 0 aromatic carbocycles. The van der Waals surface area contributed by atoms with Gasteiger partial charge in [0.05, 0.1) is 5.39 Å². The summed E-state index contributed by atoms with van der Waals surface area (Å²) < 4.78 is 2.51. The average molecular weight is 194 g/mol. The number of nitrogens with zero attached hydrogens (tertiary/aromatic N) is 3. The van der Waals surface area contributed by atoms with Crippen LogP contribution in [0.4, 0.5) is 0 Å². The monoisotopic (exact) mass is 194 g/mol. The number of hydrogen-bond acceptors (Lipinski definition) is 3. The van der Waals surface area contributed by atoms with Crippen LogP contribution in [0.2, 0.25) is 0 Å². The van der Waals surface area contributed by atoms with E-state index in [-0.39, 0.29) is 16.6 Å². The third-order valence-electron chi connectivity index (χ3n) is 2.40. The summed E-state index contributed by atoms with van der Waals surface area (Å²) >= 11 is 0. The number of aromatic amines is 1. The summed E-state index contributed by atoms with van der Waals surface area (Å²) in [5, 5.41) is 6.82. The molecular formula is C8H10N4O2. The van der Waals surface area contributed by atoms with Gasteiger partial charge in [-0.2, -0.15) is 5.10 Å². The molecule has 0 saturated carbocycles. The van der Waals surface area contributed by atoms with Crippen molar-refractivity contribution in [3.05, 3.63) is 26.4 Å². The van der Waals surface area contributed by atoms with Gasteiger partial charge in [0, 0.05) is 19.8 Å². The molecule has 0 aliphatic carbocycles. The van der Waals surface area contributed by atoms with E-state index in [4.69, 9.17) is 0 Å². The van der Waals surface area contributed by atoms with E-state index in [0.29, 0.717) is 11.1 Å². The largest absolute Gasteiger partial charge is 0.293 e. The summed E-state index contributed by atoms with van der Waals surface area (Å²) in [5.41, 5.74) is 0.339. The van der Waals surface area contributed by atoms with Crippen LogP contribution in [0.25, 0.3) is 10.9 Å². The molecule has 0 radical (unpaired) electrons. The molecule has 0 aliphatic heterocycles. The van der Waals surface area contributed by atoms with Gasteiger partial charge in [-0.1, -0.05) is 0 Å². The second kappa shape index (κ2) is 2.57. The lowest BCUT2D eigenvalue weighted by Gasteiger charge is -2.04. The zero-order valence-corrected chi connectivity index (χ0v) is 8.16. The Morgan fingerprint density at radius 2 is 1.71 bits per heavy atom. The minimum absolute atomic E-state index is 0.202. The van der Waals surface area contributed by atoms with Crippen LogP contribution in [0.15, 0.2) is 9.59 Å². The molecule has 2 heterocycles. The Bertz CT molecular complexity index is 617.